The van der Waals surface area contributed by atoms with Gasteiger partial charge in [-0.1, -0.05) is 53.4 Å². The third-order valence-corrected chi connectivity index (χ3v) is 4.83. The Balaban J connectivity index is 1.62. The third-order valence-electron chi connectivity index (χ3n) is 3.25. The van der Waals surface area contributed by atoms with Crippen molar-refractivity contribution in [3.8, 4) is 0 Å². The van der Waals surface area contributed by atoms with Gasteiger partial charge in [-0.25, -0.2) is 0 Å². The number of nitrogens with zero attached hydrogens (tertiary/aromatic N) is 5. The summed E-state index contributed by atoms with van der Waals surface area (Å²) in [5.74, 6) is 1.02. The highest BCUT2D eigenvalue weighted by Crippen LogP contribution is 2.19. The van der Waals surface area contributed by atoms with Crippen LogP contribution in [0.1, 0.15) is 18.3 Å². The van der Waals surface area contributed by atoms with Crippen LogP contribution in [0.4, 0.5) is 5.13 Å². The number of rotatable bonds is 7. The molecule has 0 aliphatic carbocycles. The molecule has 3 aromatic rings. The van der Waals surface area contributed by atoms with Crippen molar-refractivity contribution in [1.29, 1.82) is 0 Å². The predicted octanol–water partition coefficient (Wildman–Crippen LogP) is 2.47. The minimum atomic E-state index is -0.132. The second-order valence-corrected chi connectivity index (χ2v) is 6.66. The zero-order chi connectivity index (χ0) is 16.8. The van der Waals surface area contributed by atoms with E-state index in [9.17, 15) is 4.79 Å². The number of hydrogen-bond donors (Lipinski definition) is 1. The summed E-state index contributed by atoms with van der Waals surface area (Å²) in [7, 11) is 0. The lowest BCUT2D eigenvalue weighted by Gasteiger charge is -2.07. The first-order valence-corrected chi connectivity index (χ1v) is 9.27. The van der Waals surface area contributed by atoms with Gasteiger partial charge in [0.15, 0.2) is 5.16 Å². The number of carbonyl (C=O) groups excluding carboxylic acids is 1. The lowest BCUT2D eigenvalue weighted by Crippen LogP contribution is -2.14. The molecular weight excluding hydrogens is 344 g/mol. The molecule has 24 heavy (non-hydrogen) atoms. The van der Waals surface area contributed by atoms with Gasteiger partial charge < -0.3 is 4.57 Å². The number of thioether (sulfide) groups is 1. The Bertz CT molecular complexity index is 788. The van der Waals surface area contributed by atoms with Crippen LogP contribution in [-0.4, -0.2) is 36.6 Å². The molecule has 0 atom stereocenters. The van der Waals surface area contributed by atoms with Gasteiger partial charge in [0.1, 0.15) is 11.3 Å². The van der Waals surface area contributed by atoms with Gasteiger partial charge in [0.2, 0.25) is 11.0 Å². The monoisotopic (exact) mass is 360 g/mol. The molecule has 0 bridgehead atoms. The van der Waals surface area contributed by atoms with Crippen LogP contribution >= 0.6 is 23.1 Å². The standard InChI is InChI=1S/C15H16N6OS2/c1-2-21-12(8-11-6-4-3-5-7-11)18-20-15(21)23-9-13(22)17-14-19-16-10-24-14/h3-7,10H,2,8-9H2,1H3,(H,17,19,22). The molecule has 1 amide bonds. The number of aromatic nitrogens is 5. The zero-order valence-corrected chi connectivity index (χ0v) is 14.7. The number of carbonyl (C=O) groups is 1. The largest absolute Gasteiger partial charge is 0.306 e. The summed E-state index contributed by atoms with van der Waals surface area (Å²) >= 11 is 2.66. The SMILES string of the molecule is CCn1c(Cc2ccccc2)nnc1SCC(=O)Nc1nncs1. The molecule has 0 radical (unpaired) electrons. The molecule has 2 heterocycles. The Morgan fingerprint density at radius 1 is 1.25 bits per heavy atom. The Morgan fingerprint density at radius 3 is 2.79 bits per heavy atom. The summed E-state index contributed by atoms with van der Waals surface area (Å²) in [6.45, 7) is 2.80. The van der Waals surface area contributed by atoms with Gasteiger partial charge in [-0.2, -0.15) is 0 Å². The highest BCUT2D eigenvalue weighted by atomic mass is 32.2. The van der Waals surface area contributed by atoms with E-state index in [0.717, 1.165) is 23.9 Å². The second kappa shape index (κ2) is 8.02. The molecule has 1 N–H and O–H groups in total. The molecule has 0 aliphatic heterocycles. The van der Waals surface area contributed by atoms with E-state index in [1.165, 1.54) is 28.7 Å². The maximum Gasteiger partial charge on any atom is 0.236 e. The maximum absolute atomic E-state index is 11.9. The van der Waals surface area contributed by atoms with Crippen molar-refractivity contribution in [2.24, 2.45) is 0 Å². The predicted molar refractivity (Wildman–Crippen MR) is 94.2 cm³/mol. The number of amides is 1. The Hall–Kier alpha value is -2.26. The molecule has 7 nitrogen and oxygen atoms in total. The third kappa shape index (κ3) is 4.18. The normalized spacial score (nSPS) is 10.7. The van der Waals surface area contributed by atoms with Crippen molar-refractivity contribution >= 4 is 34.1 Å². The summed E-state index contributed by atoms with van der Waals surface area (Å²) in [6.07, 6.45) is 0.721. The van der Waals surface area contributed by atoms with Crippen LogP contribution in [0.5, 0.6) is 0 Å². The van der Waals surface area contributed by atoms with Gasteiger partial charge in [-0.3, -0.25) is 10.1 Å². The van der Waals surface area contributed by atoms with Gasteiger partial charge in [0.25, 0.3) is 0 Å². The molecule has 1 aromatic carbocycles. The molecule has 9 heteroatoms. The van der Waals surface area contributed by atoms with Gasteiger partial charge in [0, 0.05) is 13.0 Å². The van der Waals surface area contributed by atoms with Crippen molar-refractivity contribution in [3.63, 3.8) is 0 Å². The van der Waals surface area contributed by atoms with Crippen LogP contribution in [0.2, 0.25) is 0 Å². The average Bonchev–Trinajstić information content (AvgIpc) is 3.23. The van der Waals surface area contributed by atoms with Crippen molar-refractivity contribution in [2.45, 2.75) is 25.0 Å². The Labute approximate surface area is 147 Å². The molecule has 0 saturated heterocycles. The minimum Gasteiger partial charge on any atom is -0.306 e. The molecule has 0 unspecified atom stereocenters. The Kier molecular flexibility index (Phi) is 5.55. The van der Waals surface area contributed by atoms with E-state index in [0.29, 0.717) is 5.13 Å². The van der Waals surface area contributed by atoms with Crippen LogP contribution in [0.25, 0.3) is 0 Å². The minimum absolute atomic E-state index is 0.132. The lowest BCUT2D eigenvalue weighted by atomic mass is 10.1. The highest BCUT2D eigenvalue weighted by Gasteiger charge is 2.14. The van der Waals surface area contributed by atoms with E-state index >= 15 is 0 Å². The summed E-state index contributed by atoms with van der Waals surface area (Å²) in [5, 5.41) is 19.9. The number of nitrogens with one attached hydrogen (secondary N) is 1. The fourth-order valence-corrected chi connectivity index (χ4v) is 3.45. The van der Waals surface area contributed by atoms with Crippen LogP contribution in [0, 0.1) is 0 Å². The van der Waals surface area contributed by atoms with E-state index in [4.69, 9.17) is 0 Å². The van der Waals surface area contributed by atoms with Crippen molar-refractivity contribution in [1.82, 2.24) is 25.0 Å². The molecule has 3 rings (SSSR count). The summed E-state index contributed by atoms with van der Waals surface area (Å²) in [5.41, 5.74) is 2.76. The topological polar surface area (TPSA) is 85.6 Å². The molecule has 2 aromatic heterocycles. The van der Waals surface area contributed by atoms with E-state index in [2.05, 4.69) is 37.8 Å². The first-order chi connectivity index (χ1) is 11.8. The average molecular weight is 360 g/mol. The van der Waals surface area contributed by atoms with E-state index in [1.807, 2.05) is 29.7 Å². The number of benzene rings is 1. The van der Waals surface area contributed by atoms with E-state index in [-0.39, 0.29) is 11.7 Å². The molecule has 0 fully saturated rings. The highest BCUT2D eigenvalue weighted by molar-refractivity contribution is 7.99. The summed E-state index contributed by atoms with van der Waals surface area (Å²) in [4.78, 5) is 11.9. The van der Waals surface area contributed by atoms with Crippen LogP contribution in [0.3, 0.4) is 0 Å². The van der Waals surface area contributed by atoms with E-state index in [1.54, 1.807) is 5.51 Å². The number of hydrogen-bond acceptors (Lipinski definition) is 7. The quantitative estimate of drug-likeness (QED) is 0.652. The van der Waals surface area contributed by atoms with Crippen molar-refractivity contribution in [3.05, 3.63) is 47.2 Å². The van der Waals surface area contributed by atoms with Crippen molar-refractivity contribution in [2.75, 3.05) is 11.1 Å². The molecule has 0 aliphatic rings. The van der Waals surface area contributed by atoms with Crippen molar-refractivity contribution < 1.29 is 4.79 Å². The maximum atomic E-state index is 11.9. The van der Waals surface area contributed by atoms with Gasteiger partial charge in [-0.05, 0) is 12.5 Å². The van der Waals surface area contributed by atoms with Crippen LogP contribution in [-0.2, 0) is 17.8 Å². The fraction of sp³-hybridized carbons (Fsp3) is 0.267. The van der Waals surface area contributed by atoms with E-state index < -0.39 is 0 Å². The van der Waals surface area contributed by atoms with Gasteiger partial charge in [0.05, 0.1) is 5.75 Å². The summed E-state index contributed by atoms with van der Waals surface area (Å²) in [6, 6.07) is 10.1. The van der Waals surface area contributed by atoms with Crippen LogP contribution < -0.4 is 5.32 Å². The Morgan fingerprint density at radius 2 is 2.08 bits per heavy atom. The van der Waals surface area contributed by atoms with Gasteiger partial charge >= 0.3 is 0 Å². The summed E-state index contributed by atoms with van der Waals surface area (Å²) < 4.78 is 2.04. The molecule has 0 spiro atoms. The fourth-order valence-electron chi connectivity index (χ4n) is 2.17. The number of anilines is 1. The smallest absolute Gasteiger partial charge is 0.236 e. The van der Waals surface area contributed by atoms with Gasteiger partial charge in [-0.15, -0.1) is 20.4 Å². The zero-order valence-electron chi connectivity index (χ0n) is 13.0. The molecule has 0 saturated carbocycles. The first-order valence-electron chi connectivity index (χ1n) is 7.41. The molecule has 124 valence electrons. The van der Waals surface area contributed by atoms with Crippen LogP contribution in [0.15, 0.2) is 41.0 Å². The lowest BCUT2D eigenvalue weighted by molar-refractivity contribution is -0.113. The first kappa shape index (κ1) is 16.6. The molecular formula is C15H16N6OS2. The second-order valence-electron chi connectivity index (χ2n) is 4.89.